The number of nitrogens with two attached hydrogens (primary N) is 1. The molecule has 0 aliphatic rings. The van der Waals surface area contributed by atoms with Crippen molar-refractivity contribution in [3.05, 3.63) is 111 Å². The Bertz CT molecular complexity index is 1950. The number of benzene rings is 2. The third kappa shape index (κ3) is 6.83. The molecule has 4 aromatic heterocycles. The highest BCUT2D eigenvalue weighted by molar-refractivity contribution is 6.33. The fourth-order valence-corrected chi connectivity index (χ4v) is 3.95. The van der Waals surface area contributed by atoms with Crippen LogP contribution in [0.15, 0.2) is 82.0 Å². The second kappa shape index (κ2) is 13.0. The number of nitrogens with one attached hydrogen (secondary N) is 1. The highest BCUT2D eigenvalue weighted by Crippen LogP contribution is 2.29. The summed E-state index contributed by atoms with van der Waals surface area (Å²) in [6.07, 6.45) is 3.19. The number of fused-ring (bicyclic) bond motifs is 2. The maximum atomic E-state index is 13.9. The second-order valence-electron chi connectivity index (χ2n) is 7.92. The van der Waals surface area contributed by atoms with Crippen molar-refractivity contribution in [3.63, 3.8) is 0 Å². The molecule has 3 N–H and O–H groups in total. The molecule has 8 nitrogen and oxygen atoms in total. The predicted octanol–water partition coefficient (Wildman–Crippen LogP) is 8.65. The molecule has 0 atom stereocenters. The van der Waals surface area contributed by atoms with Crippen LogP contribution in [-0.2, 0) is 0 Å². The third-order valence-corrected chi connectivity index (χ3v) is 6.18. The summed E-state index contributed by atoms with van der Waals surface area (Å²) in [6.45, 7) is 0. The molecule has 13 heteroatoms. The zero-order valence-electron chi connectivity index (χ0n) is 20.5. The first-order valence-electron chi connectivity index (χ1n) is 11.3. The Morgan fingerprint density at radius 1 is 0.732 bits per heavy atom. The molecular formula is C28H15Cl3F2N6O2. The first kappa shape index (κ1) is 29.1. The van der Waals surface area contributed by atoms with Crippen LogP contribution in [-0.4, -0.2) is 9.97 Å². The van der Waals surface area contributed by atoms with E-state index >= 15 is 0 Å². The molecular weight excluding hydrogens is 597 g/mol. The van der Waals surface area contributed by atoms with Crippen molar-refractivity contribution in [2.75, 3.05) is 11.1 Å². The quantitative estimate of drug-likeness (QED) is 0.147. The monoisotopic (exact) mass is 610 g/mol. The number of nitrogens with zero attached hydrogens (tertiary/aromatic N) is 4. The lowest BCUT2D eigenvalue weighted by Gasteiger charge is -2.08. The molecule has 0 saturated heterocycles. The summed E-state index contributed by atoms with van der Waals surface area (Å²) in [7, 11) is 0. The number of halogens is 5. The Kier molecular flexibility index (Phi) is 9.23. The van der Waals surface area contributed by atoms with Gasteiger partial charge in [-0.15, -0.1) is 0 Å². The zero-order valence-corrected chi connectivity index (χ0v) is 22.8. The van der Waals surface area contributed by atoms with Crippen molar-refractivity contribution in [2.45, 2.75) is 0 Å². The summed E-state index contributed by atoms with van der Waals surface area (Å²) in [6, 6.07) is 20.0. The van der Waals surface area contributed by atoms with E-state index < -0.39 is 11.6 Å². The van der Waals surface area contributed by atoms with Crippen LogP contribution in [0.25, 0.3) is 21.9 Å². The standard InChI is InChI=1S/C14H7ClFN3O.C8H7NO.C6HCl2FN2/c15-13-8(7-17)6-10(16)14(19-13)18-11-2-1-3-12-9(11)4-5-20-12;9-7-2-1-3-8-6(7)4-5-10-8;7-5-3(2-10)1-4(9)6(8)11-5/h1-6H,(H,18,19);1-5H,9H2;1H. The van der Waals surface area contributed by atoms with E-state index in [9.17, 15) is 8.78 Å². The minimum Gasteiger partial charge on any atom is -0.464 e. The van der Waals surface area contributed by atoms with E-state index in [2.05, 4.69) is 15.3 Å². The van der Waals surface area contributed by atoms with Crippen molar-refractivity contribution in [3.8, 4) is 12.1 Å². The van der Waals surface area contributed by atoms with E-state index in [1.807, 2.05) is 24.3 Å². The van der Waals surface area contributed by atoms with E-state index in [4.69, 9.17) is 59.9 Å². The minimum absolute atomic E-state index is 0.00348. The molecule has 0 unspecified atom stereocenters. The van der Waals surface area contributed by atoms with E-state index in [0.717, 1.165) is 34.2 Å². The van der Waals surface area contributed by atoms with Gasteiger partial charge < -0.3 is 19.9 Å². The van der Waals surface area contributed by atoms with Crippen molar-refractivity contribution < 1.29 is 17.6 Å². The van der Waals surface area contributed by atoms with Crippen molar-refractivity contribution in [2.24, 2.45) is 0 Å². The molecule has 0 radical (unpaired) electrons. The largest absolute Gasteiger partial charge is 0.464 e. The van der Waals surface area contributed by atoms with Gasteiger partial charge in [0.15, 0.2) is 22.6 Å². The molecule has 2 aromatic carbocycles. The van der Waals surface area contributed by atoms with Crippen LogP contribution >= 0.6 is 34.8 Å². The average molecular weight is 612 g/mol. The van der Waals surface area contributed by atoms with Crippen LogP contribution in [0.5, 0.6) is 0 Å². The van der Waals surface area contributed by atoms with Crippen LogP contribution in [0.4, 0.5) is 26.0 Å². The smallest absolute Gasteiger partial charge is 0.168 e. The number of rotatable bonds is 2. The van der Waals surface area contributed by atoms with Crippen LogP contribution in [0.2, 0.25) is 15.5 Å². The van der Waals surface area contributed by atoms with Crippen LogP contribution in [0.3, 0.4) is 0 Å². The van der Waals surface area contributed by atoms with Gasteiger partial charge in [-0.1, -0.05) is 46.9 Å². The Morgan fingerprint density at radius 2 is 1.29 bits per heavy atom. The highest BCUT2D eigenvalue weighted by Gasteiger charge is 2.12. The molecule has 0 saturated carbocycles. The molecule has 0 aliphatic heterocycles. The Labute approximate surface area is 246 Å². The number of anilines is 3. The van der Waals surface area contributed by atoms with Gasteiger partial charge in [-0.05, 0) is 48.5 Å². The van der Waals surface area contributed by atoms with Crippen molar-refractivity contribution >= 4 is 73.9 Å². The highest BCUT2D eigenvalue weighted by atomic mass is 35.5. The number of nitriles is 2. The van der Waals surface area contributed by atoms with Gasteiger partial charge in [0.1, 0.15) is 33.6 Å². The lowest BCUT2D eigenvalue weighted by atomic mass is 10.2. The van der Waals surface area contributed by atoms with Gasteiger partial charge in [-0.3, -0.25) is 0 Å². The van der Waals surface area contributed by atoms with Gasteiger partial charge in [-0.2, -0.15) is 10.5 Å². The normalized spacial score (nSPS) is 10.1. The van der Waals surface area contributed by atoms with Gasteiger partial charge in [0.25, 0.3) is 0 Å². The number of furan rings is 2. The number of hydrogen-bond acceptors (Lipinski definition) is 8. The zero-order chi connectivity index (χ0) is 29.5. The first-order valence-corrected chi connectivity index (χ1v) is 12.5. The lowest BCUT2D eigenvalue weighted by molar-refractivity contribution is 0.615. The number of aromatic nitrogens is 2. The van der Waals surface area contributed by atoms with Gasteiger partial charge in [0.2, 0.25) is 0 Å². The predicted molar refractivity (Wildman–Crippen MR) is 153 cm³/mol. The van der Waals surface area contributed by atoms with E-state index in [0.29, 0.717) is 11.3 Å². The summed E-state index contributed by atoms with van der Waals surface area (Å²) >= 11 is 16.5. The van der Waals surface area contributed by atoms with Gasteiger partial charge in [-0.25, -0.2) is 18.7 Å². The van der Waals surface area contributed by atoms with Gasteiger partial charge >= 0.3 is 0 Å². The Hall–Kier alpha value is -4.87. The average Bonchev–Trinajstić information content (AvgIpc) is 3.64. The molecule has 0 amide bonds. The molecule has 0 spiro atoms. The van der Waals surface area contributed by atoms with Crippen molar-refractivity contribution in [1.82, 2.24) is 9.97 Å². The van der Waals surface area contributed by atoms with Crippen LogP contribution < -0.4 is 11.1 Å². The van der Waals surface area contributed by atoms with Crippen molar-refractivity contribution in [1.29, 1.82) is 10.5 Å². The molecule has 6 aromatic rings. The molecule has 0 aliphatic carbocycles. The summed E-state index contributed by atoms with van der Waals surface area (Å²) in [5, 5.41) is 21.3. The first-order chi connectivity index (χ1) is 19.7. The maximum absolute atomic E-state index is 13.9. The molecule has 41 heavy (non-hydrogen) atoms. The van der Waals surface area contributed by atoms with Crippen LogP contribution in [0, 0.1) is 34.3 Å². The molecule has 0 bridgehead atoms. The Morgan fingerprint density at radius 3 is 1.93 bits per heavy atom. The number of hydrogen-bond donors (Lipinski definition) is 2. The van der Waals surface area contributed by atoms with E-state index in [1.54, 1.807) is 48.9 Å². The molecule has 4 heterocycles. The number of pyridine rings is 2. The molecule has 0 fully saturated rings. The molecule has 204 valence electrons. The lowest BCUT2D eigenvalue weighted by Crippen LogP contribution is -1.99. The van der Waals surface area contributed by atoms with Gasteiger partial charge in [0.05, 0.1) is 29.3 Å². The van der Waals surface area contributed by atoms with E-state index in [-0.39, 0.29) is 32.4 Å². The summed E-state index contributed by atoms with van der Waals surface area (Å²) < 4.78 is 36.8. The Balaban J connectivity index is 0.000000156. The topological polar surface area (TPSA) is 138 Å². The third-order valence-electron chi connectivity index (χ3n) is 5.34. The fraction of sp³-hybridized carbons (Fsp3) is 0. The number of nitrogen functional groups attached to an aromatic ring is 1. The van der Waals surface area contributed by atoms with Gasteiger partial charge in [0, 0.05) is 16.5 Å². The fourth-order valence-electron chi connectivity index (χ4n) is 3.40. The SMILES string of the molecule is N#Cc1cc(F)c(Cl)nc1Cl.N#Cc1cc(F)c(Nc2cccc3occc23)nc1Cl.Nc1cccc2occc12. The second-order valence-corrected chi connectivity index (χ2v) is 9.00. The molecule has 6 rings (SSSR count). The van der Waals surface area contributed by atoms with E-state index in [1.165, 1.54) is 0 Å². The van der Waals surface area contributed by atoms with Crippen LogP contribution in [0.1, 0.15) is 11.1 Å². The summed E-state index contributed by atoms with van der Waals surface area (Å²) in [4.78, 5) is 7.23. The summed E-state index contributed by atoms with van der Waals surface area (Å²) in [5.74, 6) is -1.43. The summed E-state index contributed by atoms with van der Waals surface area (Å²) in [5.41, 5.74) is 8.55. The minimum atomic E-state index is -0.743. The maximum Gasteiger partial charge on any atom is 0.168 e.